The highest BCUT2D eigenvalue weighted by molar-refractivity contribution is 7.15. The van der Waals surface area contributed by atoms with Gasteiger partial charge in [0.1, 0.15) is 11.4 Å². The van der Waals surface area contributed by atoms with Crippen LogP contribution >= 0.6 is 11.3 Å². The molecule has 0 bridgehead atoms. The van der Waals surface area contributed by atoms with Crippen molar-refractivity contribution < 1.29 is 24.2 Å². The number of hydrogen-bond acceptors (Lipinski definition) is 5. The third-order valence-corrected chi connectivity index (χ3v) is 7.43. The number of likely N-dealkylation sites (tertiary alicyclic amines) is 1. The van der Waals surface area contributed by atoms with Gasteiger partial charge >= 0.3 is 5.97 Å². The van der Waals surface area contributed by atoms with Gasteiger partial charge in [0.25, 0.3) is 0 Å². The summed E-state index contributed by atoms with van der Waals surface area (Å²) in [6.07, 6.45) is 6.24. The molecule has 0 spiro atoms. The molecule has 186 valence electrons. The molecule has 7 nitrogen and oxygen atoms in total. The summed E-state index contributed by atoms with van der Waals surface area (Å²) in [7, 11) is 1.68. The summed E-state index contributed by atoms with van der Waals surface area (Å²) in [4.78, 5) is 42.8. The van der Waals surface area contributed by atoms with Crippen molar-refractivity contribution in [1.82, 2.24) is 4.90 Å². The smallest absolute Gasteiger partial charge is 0.348 e. The maximum atomic E-state index is 13.6. The maximum Gasteiger partial charge on any atom is 0.348 e. The third-order valence-electron chi connectivity index (χ3n) is 6.40. The lowest BCUT2D eigenvalue weighted by atomic mass is 9.88. The van der Waals surface area contributed by atoms with Crippen LogP contribution in [0.2, 0.25) is 0 Å². The second-order valence-electron chi connectivity index (χ2n) is 10.2. The van der Waals surface area contributed by atoms with Crippen molar-refractivity contribution in [2.24, 2.45) is 11.3 Å². The minimum atomic E-state index is -1.11. The van der Waals surface area contributed by atoms with E-state index in [2.05, 4.69) is 11.8 Å². The molecule has 1 aromatic heterocycles. The molecule has 1 aliphatic heterocycles. The number of anilines is 1. The van der Waals surface area contributed by atoms with Gasteiger partial charge in [-0.15, -0.1) is 11.3 Å². The standard InChI is InChI=1S/C26H36N2O5S/c1-26(2,3)13-10-20-16-21(23(34-20)25(31)32)28(24(30)18-8-6-5-7-9-18)17-22(29)27-14-11-19(33-4)12-15-27/h16,18-19H,5-9,11-12,14-15,17H2,1-4H3,(H,31,32). The Morgan fingerprint density at radius 2 is 1.79 bits per heavy atom. The summed E-state index contributed by atoms with van der Waals surface area (Å²) in [6, 6.07) is 1.66. The second-order valence-corrected chi connectivity index (χ2v) is 11.3. The minimum Gasteiger partial charge on any atom is -0.477 e. The van der Waals surface area contributed by atoms with Gasteiger partial charge in [-0.2, -0.15) is 0 Å². The molecule has 1 saturated carbocycles. The number of rotatable bonds is 6. The van der Waals surface area contributed by atoms with E-state index in [1.165, 1.54) is 4.90 Å². The molecule has 0 aromatic carbocycles. The number of carbonyl (C=O) groups is 3. The zero-order valence-electron chi connectivity index (χ0n) is 20.7. The van der Waals surface area contributed by atoms with E-state index < -0.39 is 5.97 Å². The summed E-state index contributed by atoms with van der Waals surface area (Å²) in [5.74, 6) is 4.57. The molecule has 1 aliphatic carbocycles. The Labute approximate surface area is 206 Å². The molecule has 2 amide bonds. The number of piperidine rings is 1. The number of ether oxygens (including phenoxy) is 1. The van der Waals surface area contributed by atoms with E-state index in [1.54, 1.807) is 18.1 Å². The van der Waals surface area contributed by atoms with Crippen LogP contribution in [0.3, 0.4) is 0 Å². The highest BCUT2D eigenvalue weighted by Crippen LogP contribution is 2.34. The lowest BCUT2D eigenvalue weighted by Crippen LogP contribution is -2.48. The molecule has 0 unspecified atom stereocenters. The number of amides is 2. The lowest BCUT2D eigenvalue weighted by molar-refractivity contribution is -0.134. The van der Waals surface area contributed by atoms with Gasteiger partial charge in [-0.25, -0.2) is 4.79 Å². The van der Waals surface area contributed by atoms with Crippen LogP contribution in [0.1, 0.15) is 80.3 Å². The Hall–Kier alpha value is -2.37. The van der Waals surface area contributed by atoms with Crippen LogP contribution < -0.4 is 4.90 Å². The van der Waals surface area contributed by atoms with Gasteiger partial charge < -0.3 is 19.6 Å². The fourth-order valence-corrected chi connectivity index (χ4v) is 5.33. The molecule has 1 N–H and O–H groups in total. The van der Waals surface area contributed by atoms with Crippen LogP contribution in [0.25, 0.3) is 0 Å². The van der Waals surface area contributed by atoms with Gasteiger partial charge in [0.15, 0.2) is 0 Å². The van der Waals surface area contributed by atoms with E-state index in [1.807, 2.05) is 20.8 Å². The van der Waals surface area contributed by atoms with Crippen LogP contribution in [0.5, 0.6) is 0 Å². The molecule has 1 aromatic rings. The average molecular weight is 489 g/mol. The van der Waals surface area contributed by atoms with E-state index in [0.717, 1.165) is 56.3 Å². The molecule has 2 heterocycles. The first-order valence-electron chi connectivity index (χ1n) is 12.1. The molecular formula is C26H36N2O5S. The van der Waals surface area contributed by atoms with Crippen LogP contribution in [-0.2, 0) is 14.3 Å². The normalized spacial score (nSPS) is 17.7. The fraction of sp³-hybridized carbons (Fsp3) is 0.654. The van der Waals surface area contributed by atoms with Gasteiger partial charge in [0.05, 0.1) is 16.7 Å². The molecule has 8 heteroatoms. The van der Waals surface area contributed by atoms with Crippen molar-refractivity contribution in [2.75, 3.05) is 31.6 Å². The molecule has 2 fully saturated rings. The van der Waals surface area contributed by atoms with E-state index in [4.69, 9.17) is 4.74 Å². The Kier molecular flexibility index (Phi) is 8.78. The van der Waals surface area contributed by atoms with Gasteiger partial charge in [0.2, 0.25) is 11.8 Å². The van der Waals surface area contributed by atoms with Gasteiger partial charge in [-0.3, -0.25) is 9.59 Å². The molecule has 0 atom stereocenters. The van der Waals surface area contributed by atoms with Crippen molar-refractivity contribution in [3.05, 3.63) is 15.8 Å². The number of aromatic carboxylic acids is 1. The summed E-state index contributed by atoms with van der Waals surface area (Å²) >= 11 is 1.06. The summed E-state index contributed by atoms with van der Waals surface area (Å²) in [5, 5.41) is 9.90. The summed E-state index contributed by atoms with van der Waals surface area (Å²) in [6.45, 7) is 6.93. The SMILES string of the molecule is COC1CCN(C(=O)CN(C(=O)C2CCCCC2)c2cc(C#CC(C)(C)C)sc2C(=O)O)CC1. The number of hydrogen-bond donors (Lipinski definition) is 1. The van der Waals surface area contributed by atoms with Crippen LogP contribution in [0, 0.1) is 23.2 Å². The summed E-state index contributed by atoms with van der Waals surface area (Å²) < 4.78 is 5.40. The third kappa shape index (κ3) is 6.83. The monoisotopic (exact) mass is 488 g/mol. The van der Waals surface area contributed by atoms with Gasteiger partial charge in [-0.05, 0) is 52.5 Å². The van der Waals surface area contributed by atoms with Crippen molar-refractivity contribution in [3.8, 4) is 11.8 Å². The first-order chi connectivity index (χ1) is 16.1. The average Bonchev–Trinajstić information content (AvgIpc) is 3.25. The fourth-order valence-electron chi connectivity index (χ4n) is 4.47. The lowest BCUT2D eigenvalue weighted by Gasteiger charge is -2.34. The topological polar surface area (TPSA) is 87.2 Å². The molecule has 3 rings (SSSR count). The number of carboxylic acids is 1. The quantitative estimate of drug-likeness (QED) is 0.600. The minimum absolute atomic E-state index is 0.0493. The summed E-state index contributed by atoms with van der Waals surface area (Å²) in [5.41, 5.74) is 0.0431. The van der Waals surface area contributed by atoms with Gasteiger partial charge in [0, 0.05) is 31.5 Å². The number of thiophene rings is 1. The maximum absolute atomic E-state index is 13.6. The van der Waals surface area contributed by atoms with E-state index >= 15 is 0 Å². The number of nitrogens with zero attached hydrogens (tertiary/aromatic N) is 2. The Morgan fingerprint density at radius 1 is 1.15 bits per heavy atom. The largest absolute Gasteiger partial charge is 0.477 e. The first-order valence-corrected chi connectivity index (χ1v) is 12.9. The molecule has 2 aliphatic rings. The Bertz CT molecular complexity index is 954. The van der Waals surface area contributed by atoms with Gasteiger partial charge in [-0.1, -0.05) is 31.1 Å². The van der Waals surface area contributed by atoms with E-state index in [0.29, 0.717) is 18.0 Å². The van der Waals surface area contributed by atoms with Crippen LogP contribution in [-0.4, -0.2) is 60.6 Å². The number of carboxylic acid groups (broad SMARTS) is 1. The number of methoxy groups -OCH3 is 1. The molecule has 34 heavy (non-hydrogen) atoms. The molecule has 0 radical (unpaired) electrons. The predicted molar refractivity (Wildman–Crippen MR) is 133 cm³/mol. The van der Waals surface area contributed by atoms with Crippen molar-refractivity contribution >= 4 is 34.8 Å². The predicted octanol–water partition coefficient (Wildman–Crippen LogP) is 4.39. The molecular weight excluding hydrogens is 452 g/mol. The Morgan fingerprint density at radius 3 is 2.35 bits per heavy atom. The van der Waals surface area contributed by atoms with Crippen LogP contribution in [0.15, 0.2) is 6.07 Å². The Balaban J connectivity index is 1.92. The molecule has 1 saturated heterocycles. The highest BCUT2D eigenvalue weighted by atomic mass is 32.1. The van der Waals surface area contributed by atoms with E-state index in [-0.39, 0.29) is 46.4 Å². The van der Waals surface area contributed by atoms with Crippen LogP contribution in [0.4, 0.5) is 5.69 Å². The first kappa shape index (κ1) is 26.2. The number of carbonyl (C=O) groups excluding carboxylic acids is 2. The second kappa shape index (κ2) is 11.4. The van der Waals surface area contributed by atoms with Crippen molar-refractivity contribution in [3.63, 3.8) is 0 Å². The van der Waals surface area contributed by atoms with E-state index in [9.17, 15) is 19.5 Å². The highest BCUT2D eigenvalue weighted by Gasteiger charge is 2.33. The van der Waals surface area contributed by atoms with Crippen molar-refractivity contribution in [2.45, 2.75) is 71.8 Å². The zero-order chi connectivity index (χ0) is 24.9. The zero-order valence-corrected chi connectivity index (χ0v) is 21.5. The van der Waals surface area contributed by atoms with Crippen molar-refractivity contribution in [1.29, 1.82) is 0 Å².